The summed E-state index contributed by atoms with van der Waals surface area (Å²) in [6, 6.07) is -0.771. The SMILES string of the molecule is CC(C)(C)[Si](C)(C)O[C@@H]1C[C@@H](C(N)=O)N(C(=O)O)C1. The fraction of sp³-hybridized carbons (Fsp3) is 0.833. The van der Waals surface area contributed by atoms with Crippen molar-refractivity contribution in [1.29, 1.82) is 0 Å². The van der Waals surface area contributed by atoms with Gasteiger partial charge in [0.25, 0.3) is 0 Å². The minimum atomic E-state index is -1.97. The molecule has 0 aromatic rings. The lowest BCUT2D eigenvalue weighted by atomic mass is 10.2. The summed E-state index contributed by atoms with van der Waals surface area (Å²) in [4.78, 5) is 23.5. The zero-order chi connectivity index (χ0) is 15.0. The van der Waals surface area contributed by atoms with E-state index in [1.807, 2.05) is 0 Å². The van der Waals surface area contributed by atoms with E-state index in [1.165, 1.54) is 0 Å². The quantitative estimate of drug-likeness (QED) is 0.772. The van der Waals surface area contributed by atoms with Crippen molar-refractivity contribution in [1.82, 2.24) is 4.90 Å². The Balaban J connectivity index is 2.79. The predicted molar refractivity (Wildman–Crippen MR) is 74.4 cm³/mol. The van der Waals surface area contributed by atoms with Crippen LogP contribution in [0, 0.1) is 0 Å². The second-order valence-electron chi connectivity index (χ2n) is 6.59. The average Bonchev–Trinajstić information content (AvgIpc) is 2.59. The van der Waals surface area contributed by atoms with Gasteiger partial charge in [0.05, 0.1) is 6.10 Å². The van der Waals surface area contributed by atoms with Gasteiger partial charge >= 0.3 is 6.09 Å². The van der Waals surface area contributed by atoms with Crippen LogP contribution in [0.15, 0.2) is 0 Å². The number of hydrogen-bond donors (Lipinski definition) is 2. The molecule has 19 heavy (non-hydrogen) atoms. The molecule has 110 valence electrons. The Kier molecular flexibility index (Phi) is 4.31. The van der Waals surface area contributed by atoms with Crippen LogP contribution in [0.5, 0.6) is 0 Å². The van der Waals surface area contributed by atoms with E-state index in [2.05, 4.69) is 33.9 Å². The van der Waals surface area contributed by atoms with Crippen LogP contribution in [-0.2, 0) is 9.22 Å². The molecule has 1 rings (SSSR count). The third kappa shape index (κ3) is 3.47. The van der Waals surface area contributed by atoms with E-state index >= 15 is 0 Å². The zero-order valence-electron chi connectivity index (χ0n) is 12.3. The number of hydrogen-bond acceptors (Lipinski definition) is 3. The normalized spacial score (nSPS) is 24.6. The zero-order valence-corrected chi connectivity index (χ0v) is 13.3. The van der Waals surface area contributed by atoms with Crippen molar-refractivity contribution in [3.05, 3.63) is 0 Å². The van der Waals surface area contributed by atoms with Crippen LogP contribution in [0.1, 0.15) is 27.2 Å². The maximum Gasteiger partial charge on any atom is 0.408 e. The third-order valence-electron chi connectivity index (χ3n) is 4.10. The number of rotatable bonds is 3. The molecule has 2 atom stereocenters. The van der Waals surface area contributed by atoms with Gasteiger partial charge in [-0.05, 0) is 18.1 Å². The van der Waals surface area contributed by atoms with Gasteiger partial charge in [0.2, 0.25) is 5.91 Å². The summed E-state index contributed by atoms with van der Waals surface area (Å²) < 4.78 is 6.15. The monoisotopic (exact) mass is 288 g/mol. The summed E-state index contributed by atoms with van der Waals surface area (Å²) in [6.45, 7) is 10.8. The van der Waals surface area contributed by atoms with Crippen LogP contribution < -0.4 is 5.73 Å². The third-order valence-corrected chi connectivity index (χ3v) is 8.64. The molecule has 0 unspecified atom stereocenters. The molecule has 0 spiro atoms. The number of carbonyl (C=O) groups is 2. The maximum absolute atomic E-state index is 11.3. The average molecular weight is 288 g/mol. The van der Waals surface area contributed by atoms with Gasteiger partial charge in [-0.3, -0.25) is 9.69 Å². The number of carbonyl (C=O) groups excluding carboxylic acids is 1. The molecule has 0 aromatic carbocycles. The Morgan fingerprint density at radius 2 is 1.89 bits per heavy atom. The Hall–Kier alpha value is -1.08. The highest BCUT2D eigenvalue weighted by molar-refractivity contribution is 6.74. The number of nitrogens with two attached hydrogens (primary N) is 1. The lowest BCUT2D eigenvalue weighted by Crippen LogP contribution is -2.45. The molecule has 3 N–H and O–H groups in total. The Morgan fingerprint density at radius 3 is 2.21 bits per heavy atom. The summed E-state index contributed by atoms with van der Waals surface area (Å²) in [7, 11) is -1.97. The molecule has 2 amide bonds. The van der Waals surface area contributed by atoms with Gasteiger partial charge in [0, 0.05) is 13.0 Å². The van der Waals surface area contributed by atoms with Crippen LogP contribution in [0.3, 0.4) is 0 Å². The van der Waals surface area contributed by atoms with Crippen LogP contribution >= 0.6 is 0 Å². The van der Waals surface area contributed by atoms with Crippen molar-refractivity contribution in [3.63, 3.8) is 0 Å². The summed E-state index contributed by atoms with van der Waals surface area (Å²) >= 11 is 0. The predicted octanol–water partition coefficient (Wildman–Crippen LogP) is 1.61. The molecular weight excluding hydrogens is 264 g/mol. The van der Waals surface area contributed by atoms with E-state index in [4.69, 9.17) is 15.3 Å². The minimum Gasteiger partial charge on any atom is -0.465 e. The molecule has 0 radical (unpaired) electrons. The smallest absolute Gasteiger partial charge is 0.408 e. The first-order valence-electron chi connectivity index (χ1n) is 6.42. The van der Waals surface area contributed by atoms with Gasteiger partial charge in [0.15, 0.2) is 8.32 Å². The Bertz CT molecular complexity index is 356. The molecule has 6 nitrogen and oxygen atoms in total. The number of amides is 2. The molecule has 1 aliphatic rings. The lowest BCUT2D eigenvalue weighted by molar-refractivity contribution is -0.121. The first-order valence-corrected chi connectivity index (χ1v) is 9.33. The van der Waals surface area contributed by atoms with Gasteiger partial charge in [-0.25, -0.2) is 4.79 Å². The largest absolute Gasteiger partial charge is 0.465 e. The molecule has 1 heterocycles. The summed E-state index contributed by atoms with van der Waals surface area (Å²) in [5.74, 6) is -0.608. The van der Waals surface area contributed by atoms with E-state index in [-0.39, 0.29) is 17.7 Å². The van der Waals surface area contributed by atoms with Crippen molar-refractivity contribution < 1.29 is 19.1 Å². The van der Waals surface area contributed by atoms with Crippen molar-refractivity contribution in [2.45, 2.75) is 57.5 Å². The van der Waals surface area contributed by atoms with E-state index in [1.54, 1.807) is 0 Å². The fourth-order valence-electron chi connectivity index (χ4n) is 1.96. The Morgan fingerprint density at radius 1 is 1.37 bits per heavy atom. The van der Waals surface area contributed by atoms with Gasteiger partial charge in [-0.1, -0.05) is 20.8 Å². The van der Waals surface area contributed by atoms with E-state index in [0.29, 0.717) is 6.42 Å². The van der Waals surface area contributed by atoms with E-state index < -0.39 is 26.4 Å². The minimum absolute atomic E-state index is 0.0475. The van der Waals surface area contributed by atoms with Crippen LogP contribution in [-0.4, -0.2) is 49.0 Å². The number of primary amides is 1. The summed E-state index contributed by atoms with van der Waals surface area (Å²) in [5, 5.41) is 9.13. The first kappa shape index (κ1) is 16.0. The molecule has 0 aliphatic carbocycles. The summed E-state index contributed by atoms with van der Waals surface area (Å²) in [6.07, 6.45) is -1.01. The number of likely N-dealkylation sites (tertiary alicyclic amines) is 1. The van der Waals surface area contributed by atoms with Crippen molar-refractivity contribution in [3.8, 4) is 0 Å². The van der Waals surface area contributed by atoms with Crippen molar-refractivity contribution in [2.24, 2.45) is 5.73 Å². The molecular formula is C12H24N2O4Si. The summed E-state index contributed by atoms with van der Waals surface area (Å²) in [5.41, 5.74) is 5.25. The van der Waals surface area contributed by atoms with Crippen molar-refractivity contribution >= 4 is 20.3 Å². The van der Waals surface area contributed by atoms with Gasteiger partial charge in [-0.2, -0.15) is 0 Å². The molecule has 0 aromatic heterocycles. The van der Waals surface area contributed by atoms with Gasteiger partial charge in [0.1, 0.15) is 6.04 Å². The van der Waals surface area contributed by atoms with Gasteiger partial charge in [-0.15, -0.1) is 0 Å². The fourth-order valence-corrected chi connectivity index (χ4v) is 3.32. The van der Waals surface area contributed by atoms with E-state index in [0.717, 1.165) is 4.90 Å². The van der Waals surface area contributed by atoms with Crippen molar-refractivity contribution in [2.75, 3.05) is 6.54 Å². The van der Waals surface area contributed by atoms with Crippen LogP contribution in [0.4, 0.5) is 4.79 Å². The second kappa shape index (κ2) is 5.13. The Labute approximate surface area is 115 Å². The maximum atomic E-state index is 11.3. The topological polar surface area (TPSA) is 92.9 Å². The lowest BCUT2D eigenvalue weighted by Gasteiger charge is -2.38. The standard InChI is InChI=1S/C12H24N2O4Si/c1-12(2,3)19(4,5)18-8-6-9(10(13)15)14(7-8)11(16)17/h8-9H,6-7H2,1-5H3,(H2,13,15)(H,16,17)/t8-,9+/m1/s1. The van der Waals surface area contributed by atoms with Crippen LogP contribution in [0.2, 0.25) is 18.1 Å². The molecule has 0 saturated carbocycles. The molecule has 1 saturated heterocycles. The van der Waals surface area contributed by atoms with E-state index in [9.17, 15) is 9.59 Å². The molecule has 7 heteroatoms. The second-order valence-corrected chi connectivity index (χ2v) is 11.3. The molecule has 1 fully saturated rings. The highest BCUT2D eigenvalue weighted by atomic mass is 28.4. The molecule has 1 aliphatic heterocycles. The van der Waals surface area contributed by atoms with Gasteiger partial charge < -0.3 is 15.3 Å². The first-order chi connectivity index (χ1) is 8.45. The number of carboxylic acid groups (broad SMARTS) is 1. The molecule has 0 bridgehead atoms. The number of nitrogens with zero attached hydrogens (tertiary/aromatic N) is 1. The highest BCUT2D eigenvalue weighted by Crippen LogP contribution is 2.38. The highest BCUT2D eigenvalue weighted by Gasteiger charge is 2.45. The van der Waals surface area contributed by atoms with Crippen LogP contribution in [0.25, 0.3) is 0 Å².